The largest absolute Gasteiger partial charge is 0.466 e. The molecule has 6 heteroatoms. The molecule has 0 aliphatic rings. The first-order valence-corrected chi connectivity index (χ1v) is 10.7. The molecule has 0 saturated heterocycles. The Kier molecular flexibility index (Phi) is 16.3. The van der Waals surface area contributed by atoms with Crippen LogP contribution in [-0.4, -0.2) is 50.4 Å². The number of hydrogen-bond acceptors (Lipinski definition) is 6. The molecule has 1 N–H and O–H groups in total. The Balaban J connectivity index is 4.11. The molecule has 0 fully saturated rings. The zero-order valence-electron chi connectivity index (χ0n) is 17.9. The molecule has 0 radical (unpaired) electrons. The van der Waals surface area contributed by atoms with Gasteiger partial charge in [-0.3, -0.25) is 14.9 Å². The number of unbranched alkanes of at least 4 members (excludes halogenated alkanes) is 5. The summed E-state index contributed by atoms with van der Waals surface area (Å²) >= 11 is 0. The summed E-state index contributed by atoms with van der Waals surface area (Å²) in [6.45, 7) is 10.5. The fourth-order valence-corrected chi connectivity index (χ4v) is 2.84. The van der Waals surface area contributed by atoms with Gasteiger partial charge in [-0.2, -0.15) is 0 Å². The Morgan fingerprint density at radius 3 is 2.22 bits per heavy atom. The van der Waals surface area contributed by atoms with Gasteiger partial charge in [-0.05, 0) is 40.0 Å². The van der Waals surface area contributed by atoms with Crippen molar-refractivity contribution in [1.29, 1.82) is 0 Å². The zero-order valence-corrected chi connectivity index (χ0v) is 17.9. The maximum absolute atomic E-state index is 12.4. The lowest BCUT2D eigenvalue weighted by Crippen LogP contribution is -2.51. The molecule has 6 nitrogen and oxygen atoms in total. The minimum Gasteiger partial charge on any atom is -0.466 e. The van der Waals surface area contributed by atoms with Gasteiger partial charge in [0.15, 0.2) is 0 Å². The van der Waals surface area contributed by atoms with Crippen molar-refractivity contribution in [3.8, 4) is 0 Å². The maximum atomic E-state index is 12.4. The van der Waals surface area contributed by atoms with Crippen LogP contribution in [0.25, 0.3) is 0 Å². The van der Waals surface area contributed by atoms with Crippen molar-refractivity contribution in [2.45, 2.75) is 91.0 Å². The van der Waals surface area contributed by atoms with Crippen molar-refractivity contribution < 1.29 is 23.8 Å². The maximum Gasteiger partial charge on any atom is 0.326 e. The summed E-state index contributed by atoms with van der Waals surface area (Å²) in [6.07, 6.45) is 8.29. The van der Waals surface area contributed by atoms with E-state index in [0.29, 0.717) is 39.2 Å². The fraction of sp³-hybridized carbons (Fsp3) is 0.905. The normalized spacial score (nSPS) is 13.2. The molecular weight excluding hydrogens is 346 g/mol. The summed E-state index contributed by atoms with van der Waals surface area (Å²) in [4.78, 5) is 23.7. The van der Waals surface area contributed by atoms with Crippen LogP contribution in [0.3, 0.4) is 0 Å². The predicted molar refractivity (Wildman–Crippen MR) is 108 cm³/mol. The van der Waals surface area contributed by atoms with Crippen LogP contribution in [0.2, 0.25) is 0 Å². The van der Waals surface area contributed by atoms with E-state index in [1.165, 1.54) is 12.8 Å². The highest BCUT2D eigenvalue weighted by molar-refractivity contribution is 5.80. The van der Waals surface area contributed by atoms with E-state index in [9.17, 15) is 9.59 Å². The number of ether oxygens (including phenoxy) is 3. The van der Waals surface area contributed by atoms with Crippen LogP contribution >= 0.6 is 0 Å². The molecule has 0 saturated carbocycles. The van der Waals surface area contributed by atoms with Crippen LogP contribution in [0, 0.1) is 0 Å². The van der Waals surface area contributed by atoms with Crippen molar-refractivity contribution >= 4 is 11.9 Å². The van der Waals surface area contributed by atoms with E-state index < -0.39 is 5.54 Å². The lowest BCUT2D eigenvalue weighted by molar-refractivity contribution is -0.151. The van der Waals surface area contributed by atoms with Crippen LogP contribution in [0.15, 0.2) is 0 Å². The molecule has 0 rings (SSSR count). The number of carbonyl (C=O) groups is 2. The third-order valence-electron chi connectivity index (χ3n) is 4.49. The molecule has 0 aromatic carbocycles. The highest BCUT2D eigenvalue weighted by Crippen LogP contribution is 2.18. The van der Waals surface area contributed by atoms with Gasteiger partial charge in [0.25, 0.3) is 0 Å². The van der Waals surface area contributed by atoms with Crippen LogP contribution in [-0.2, 0) is 23.8 Å². The zero-order chi connectivity index (χ0) is 20.4. The Labute approximate surface area is 165 Å². The number of rotatable bonds is 18. The number of carbonyl (C=O) groups excluding carboxylic acids is 2. The van der Waals surface area contributed by atoms with Gasteiger partial charge in [0.05, 0.1) is 19.8 Å². The highest BCUT2D eigenvalue weighted by Gasteiger charge is 2.33. The molecule has 160 valence electrons. The number of nitrogens with one attached hydrogen (secondary N) is 1. The fourth-order valence-electron chi connectivity index (χ4n) is 2.84. The van der Waals surface area contributed by atoms with Gasteiger partial charge in [-0.25, -0.2) is 0 Å². The Hall–Kier alpha value is -1.14. The van der Waals surface area contributed by atoms with Gasteiger partial charge in [0, 0.05) is 19.6 Å². The van der Waals surface area contributed by atoms with E-state index in [1.807, 2.05) is 20.8 Å². The first kappa shape index (κ1) is 25.9. The molecule has 0 amide bonds. The van der Waals surface area contributed by atoms with E-state index in [0.717, 1.165) is 38.7 Å². The molecule has 0 aliphatic carbocycles. The van der Waals surface area contributed by atoms with E-state index in [1.54, 1.807) is 0 Å². The second kappa shape index (κ2) is 17.0. The molecule has 0 aliphatic heterocycles. The highest BCUT2D eigenvalue weighted by atomic mass is 16.5. The third kappa shape index (κ3) is 13.6. The van der Waals surface area contributed by atoms with Crippen LogP contribution in [0.4, 0.5) is 0 Å². The molecule has 1 unspecified atom stereocenters. The average Bonchev–Trinajstić information content (AvgIpc) is 2.64. The van der Waals surface area contributed by atoms with Crippen LogP contribution < -0.4 is 5.32 Å². The second-order valence-corrected chi connectivity index (χ2v) is 7.02. The molecule has 0 spiro atoms. The van der Waals surface area contributed by atoms with Gasteiger partial charge in [0.2, 0.25) is 0 Å². The van der Waals surface area contributed by atoms with Crippen molar-refractivity contribution in [2.24, 2.45) is 0 Å². The van der Waals surface area contributed by atoms with Crippen molar-refractivity contribution in [2.75, 3.05) is 33.0 Å². The summed E-state index contributed by atoms with van der Waals surface area (Å²) in [5.41, 5.74) is -0.691. The summed E-state index contributed by atoms with van der Waals surface area (Å²) in [6, 6.07) is 0. The molecule has 0 bridgehead atoms. The molecule has 0 aromatic rings. The SMILES string of the molecule is CCCCCOCCNC(C)(CCCCCCC(=O)OCC)C(=O)OCC. The minimum absolute atomic E-state index is 0.130. The third-order valence-corrected chi connectivity index (χ3v) is 4.49. The Morgan fingerprint density at radius 1 is 0.852 bits per heavy atom. The van der Waals surface area contributed by atoms with Gasteiger partial charge < -0.3 is 14.2 Å². The van der Waals surface area contributed by atoms with Gasteiger partial charge in [-0.1, -0.05) is 39.0 Å². The lowest BCUT2D eigenvalue weighted by atomic mass is 9.93. The van der Waals surface area contributed by atoms with E-state index in [4.69, 9.17) is 14.2 Å². The van der Waals surface area contributed by atoms with Crippen molar-refractivity contribution in [1.82, 2.24) is 5.32 Å². The Morgan fingerprint density at radius 2 is 1.56 bits per heavy atom. The van der Waals surface area contributed by atoms with Gasteiger partial charge in [-0.15, -0.1) is 0 Å². The quantitative estimate of drug-likeness (QED) is 0.283. The summed E-state index contributed by atoms with van der Waals surface area (Å²) in [5, 5.41) is 3.32. The molecule has 27 heavy (non-hydrogen) atoms. The van der Waals surface area contributed by atoms with E-state index >= 15 is 0 Å². The Bertz CT molecular complexity index is 389. The standard InChI is InChI=1S/C21H41NO5/c1-5-8-13-17-25-18-16-22-21(4,20(24)27-7-3)15-12-10-9-11-14-19(23)26-6-2/h22H,5-18H2,1-4H3. The van der Waals surface area contributed by atoms with Gasteiger partial charge >= 0.3 is 11.9 Å². The van der Waals surface area contributed by atoms with Crippen molar-refractivity contribution in [3.63, 3.8) is 0 Å². The minimum atomic E-state index is -0.691. The topological polar surface area (TPSA) is 73.9 Å². The van der Waals surface area contributed by atoms with Crippen LogP contribution in [0.5, 0.6) is 0 Å². The van der Waals surface area contributed by atoms with Gasteiger partial charge in [0.1, 0.15) is 5.54 Å². The molecule has 1 atom stereocenters. The second-order valence-electron chi connectivity index (χ2n) is 7.02. The summed E-state index contributed by atoms with van der Waals surface area (Å²) < 4.78 is 15.8. The first-order chi connectivity index (χ1) is 13.0. The number of esters is 2. The first-order valence-electron chi connectivity index (χ1n) is 10.7. The summed E-state index contributed by atoms with van der Waals surface area (Å²) in [5.74, 6) is -0.336. The predicted octanol–water partition coefficient (Wildman–Crippen LogP) is 4.01. The smallest absolute Gasteiger partial charge is 0.326 e. The summed E-state index contributed by atoms with van der Waals surface area (Å²) in [7, 11) is 0. The van der Waals surface area contributed by atoms with E-state index in [-0.39, 0.29) is 11.9 Å². The van der Waals surface area contributed by atoms with Crippen LogP contribution in [0.1, 0.15) is 85.5 Å². The van der Waals surface area contributed by atoms with E-state index in [2.05, 4.69) is 12.2 Å². The molecular formula is C21H41NO5. The molecule has 0 aromatic heterocycles. The molecule has 0 heterocycles. The number of hydrogen-bond donors (Lipinski definition) is 1. The van der Waals surface area contributed by atoms with Crippen molar-refractivity contribution in [3.05, 3.63) is 0 Å². The lowest BCUT2D eigenvalue weighted by Gasteiger charge is -2.28. The monoisotopic (exact) mass is 387 g/mol. The average molecular weight is 388 g/mol.